The second-order valence-corrected chi connectivity index (χ2v) is 5.18. The molecule has 0 amide bonds. The summed E-state index contributed by atoms with van der Waals surface area (Å²) >= 11 is 6.65. The van der Waals surface area contributed by atoms with Crippen molar-refractivity contribution in [1.29, 1.82) is 0 Å². The highest BCUT2D eigenvalue weighted by Gasteiger charge is 2.10. The van der Waals surface area contributed by atoms with E-state index >= 15 is 0 Å². The van der Waals surface area contributed by atoms with Crippen LogP contribution in [0.3, 0.4) is 0 Å². The van der Waals surface area contributed by atoms with Gasteiger partial charge in [0, 0.05) is 15.0 Å². The number of aromatic nitrogens is 1. The Bertz CT molecular complexity index is 737. The Labute approximate surface area is 113 Å². The predicted molar refractivity (Wildman–Crippen MR) is 72.6 cm³/mol. The maximum absolute atomic E-state index is 11.9. The minimum absolute atomic E-state index is 0.319. The molecule has 0 unspecified atom stereocenters. The molecule has 0 bridgehead atoms. The highest BCUT2D eigenvalue weighted by molar-refractivity contribution is 9.13. The zero-order valence-corrected chi connectivity index (χ0v) is 11.8. The van der Waals surface area contributed by atoms with Crippen molar-refractivity contribution in [2.75, 3.05) is 0 Å². The molecule has 0 fully saturated rings. The van der Waals surface area contributed by atoms with Gasteiger partial charge in [0.2, 0.25) is 0 Å². The number of aromatic amines is 1. The van der Waals surface area contributed by atoms with Crippen molar-refractivity contribution < 1.29 is 5.11 Å². The summed E-state index contributed by atoms with van der Waals surface area (Å²) in [6.07, 6.45) is 0. The van der Waals surface area contributed by atoms with E-state index in [0.717, 1.165) is 16.1 Å². The average Bonchev–Trinajstić information content (AvgIpc) is 2.34. The van der Waals surface area contributed by atoms with Gasteiger partial charge in [-0.15, -0.1) is 0 Å². The zero-order chi connectivity index (χ0) is 12.7. The molecule has 6 heteroatoms. The van der Waals surface area contributed by atoms with E-state index in [0.29, 0.717) is 15.4 Å². The Morgan fingerprint density at radius 3 is 2.47 bits per heavy atom. The maximum atomic E-state index is 11.9. The molecule has 0 saturated heterocycles. The van der Waals surface area contributed by atoms with Crippen LogP contribution in [0.5, 0.6) is 5.75 Å². The van der Waals surface area contributed by atoms with Crippen LogP contribution in [0.1, 0.15) is 5.56 Å². The van der Waals surface area contributed by atoms with Gasteiger partial charge in [0.05, 0.1) is 10.9 Å². The first kappa shape index (κ1) is 12.3. The topological polar surface area (TPSA) is 70.2 Å². The number of aromatic hydroxyl groups is 1. The van der Waals surface area contributed by atoms with E-state index in [1.165, 1.54) is 0 Å². The summed E-state index contributed by atoms with van der Waals surface area (Å²) < 4.78 is 1.30. The fourth-order valence-electron chi connectivity index (χ4n) is 1.54. The summed E-state index contributed by atoms with van der Waals surface area (Å²) in [7, 11) is 0. The van der Waals surface area contributed by atoms with Gasteiger partial charge in [-0.25, -0.2) is 0 Å². The molecule has 1 aromatic carbocycles. The van der Waals surface area contributed by atoms with E-state index in [-0.39, 0.29) is 0 Å². The smallest absolute Gasteiger partial charge is 0.290 e. The van der Waals surface area contributed by atoms with Crippen LogP contribution in [-0.4, -0.2) is 10.1 Å². The van der Waals surface area contributed by atoms with E-state index in [1.807, 2.05) is 6.92 Å². The van der Waals surface area contributed by atoms with Gasteiger partial charge >= 0.3 is 0 Å². The van der Waals surface area contributed by atoms with Crippen molar-refractivity contribution >= 4 is 42.8 Å². The lowest BCUT2D eigenvalue weighted by Crippen LogP contribution is -2.00. The van der Waals surface area contributed by atoms with Crippen molar-refractivity contribution in [3.63, 3.8) is 0 Å². The fraction of sp³-hybridized carbons (Fsp3) is 0.0909. The van der Waals surface area contributed by atoms with Crippen LogP contribution in [0.25, 0.3) is 10.9 Å². The van der Waals surface area contributed by atoms with Crippen molar-refractivity contribution in [2.45, 2.75) is 6.92 Å². The monoisotopic (exact) mass is 359 g/mol. The molecule has 0 atom stereocenters. The summed E-state index contributed by atoms with van der Waals surface area (Å²) in [6, 6.07) is 2.58. The van der Waals surface area contributed by atoms with Crippen molar-refractivity contribution in [3.8, 4) is 5.75 Å². The molecule has 0 aliphatic heterocycles. The van der Waals surface area contributed by atoms with Crippen LogP contribution >= 0.6 is 31.9 Å². The number of benzene rings is 1. The Morgan fingerprint density at radius 1 is 1.18 bits per heavy atom. The first-order valence-electron chi connectivity index (χ1n) is 4.66. The molecule has 17 heavy (non-hydrogen) atoms. The largest absolute Gasteiger partial charge is 0.503 e. The molecular weight excluding hydrogens is 354 g/mol. The van der Waals surface area contributed by atoms with Gasteiger partial charge in [-0.1, -0.05) is 0 Å². The van der Waals surface area contributed by atoms with Gasteiger partial charge in [0.1, 0.15) is 0 Å². The fourth-order valence-corrected chi connectivity index (χ4v) is 2.58. The number of rotatable bonds is 0. The van der Waals surface area contributed by atoms with Crippen molar-refractivity contribution in [2.24, 2.45) is 0 Å². The number of aryl methyl sites for hydroxylation is 1. The summed E-state index contributed by atoms with van der Waals surface area (Å²) in [5, 5.41) is 9.65. The maximum Gasteiger partial charge on any atom is 0.290 e. The lowest BCUT2D eigenvalue weighted by molar-refractivity contribution is 0.468. The van der Waals surface area contributed by atoms with Gasteiger partial charge in [-0.2, -0.15) is 0 Å². The lowest BCUT2D eigenvalue weighted by atomic mass is 10.1. The van der Waals surface area contributed by atoms with Gasteiger partial charge in [0.25, 0.3) is 5.56 Å². The van der Waals surface area contributed by atoms with Crippen LogP contribution in [0, 0.1) is 6.92 Å². The van der Waals surface area contributed by atoms with Crippen molar-refractivity contribution in [3.05, 3.63) is 47.2 Å². The summed E-state index contributed by atoms with van der Waals surface area (Å²) in [4.78, 5) is 25.8. The van der Waals surface area contributed by atoms with E-state index in [9.17, 15) is 14.7 Å². The quantitative estimate of drug-likeness (QED) is 0.758. The number of fused-ring (bicyclic) bond motifs is 1. The third kappa shape index (κ3) is 2.02. The summed E-state index contributed by atoms with van der Waals surface area (Å²) in [5.41, 5.74) is 0.132. The first-order chi connectivity index (χ1) is 7.91. The molecule has 0 spiro atoms. The molecule has 2 N–H and O–H groups in total. The molecule has 0 aliphatic rings. The Morgan fingerprint density at radius 2 is 1.82 bits per heavy atom. The van der Waals surface area contributed by atoms with Gasteiger partial charge < -0.3 is 10.1 Å². The molecule has 4 nitrogen and oxygen atoms in total. The molecule has 2 aromatic rings. The number of nitrogens with one attached hydrogen (secondary N) is 1. The van der Waals surface area contributed by atoms with E-state index < -0.39 is 16.7 Å². The summed E-state index contributed by atoms with van der Waals surface area (Å²) in [6.45, 7) is 1.84. The molecule has 2 rings (SSSR count). The van der Waals surface area contributed by atoms with Crippen LogP contribution in [0.15, 0.2) is 30.7 Å². The molecule has 1 heterocycles. The van der Waals surface area contributed by atoms with Gasteiger partial charge in [-0.05, 0) is 50.4 Å². The Balaban J connectivity index is 3.20. The highest BCUT2D eigenvalue weighted by atomic mass is 79.9. The van der Waals surface area contributed by atoms with E-state index in [4.69, 9.17) is 0 Å². The van der Waals surface area contributed by atoms with Crippen molar-refractivity contribution in [1.82, 2.24) is 4.98 Å². The number of halogens is 2. The average molecular weight is 361 g/mol. The number of hydrogen-bond acceptors (Lipinski definition) is 3. The second kappa shape index (κ2) is 4.27. The van der Waals surface area contributed by atoms with E-state index in [2.05, 4.69) is 36.8 Å². The van der Waals surface area contributed by atoms with E-state index in [1.54, 1.807) is 6.07 Å². The molecule has 0 aliphatic carbocycles. The number of H-pyrrole nitrogens is 1. The first-order valence-corrected chi connectivity index (χ1v) is 6.25. The molecule has 0 radical (unpaired) electrons. The third-order valence-corrected chi connectivity index (χ3v) is 4.73. The van der Waals surface area contributed by atoms with Gasteiger partial charge in [-0.3, -0.25) is 9.59 Å². The minimum Gasteiger partial charge on any atom is -0.503 e. The molecular formula is C11H7Br2NO3. The lowest BCUT2D eigenvalue weighted by Gasteiger charge is -2.03. The molecule has 0 saturated carbocycles. The SMILES string of the molecule is Cc1cc2[nH]c(=O)c(O)cc(=O)c2c(Br)c1Br. The standard InChI is InChI=1S/C11H7Br2NO3/c1-4-2-5-8(10(13)9(4)12)6(15)3-7(16)11(17)14-5/h2-3,16H,1H3,(H,14,17). The van der Waals surface area contributed by atoms with Crippen LogP contribution < -0.4 is 11.0 Å². The normalized spacial score (nSPS) is 10.8. The van der Waals surface area contributed by atoms with Crippen LogP contribution in [0.4, 0.5) is 0 Å². The molecule has 88 valence electrons. The Kier molecular flexibility index (Phi) is 3.09. The Hall–Kier alpha value is -1.14. The highest BCUT2D eigenvalue weighted by Crippen LogP contribution is 2.31. The summed E-state index contributed by atoms with van der Waals surface area (Å²) in [5.74, 6) is -0.591. The third-order valence-electron chi connectivity index (χ3n) is 2.38. The zero-order valence-electron chi connectivity index (χ0n) is 8.67. The van der Waals surface area contributed by atoms with Crippen LogP contribution in [-0.2, 0) is 0 Å². The predicted octanol–water partition coefficient (Wildman–Crippen LogP) is 2.43. The number of hydrogen-bond donors (Lipinski definition) is 2. The second-order valence-electron chi connectivity index (χ2n) is 3.59. The van der Waals surface area contributed by atoms with Gasteiger partial charge in [0.15, 0.2) is 11.2 Å². The van der Waals surface area contributed by atoms with Crippen LogP contribution in [0.2, 0.25) is 0 Å². The molecule has 1 aromatic heterocycles. The minimum atomic E-state index is -0.689.